The van der Waals surface area contributed by atoms with Gasteiger partial charge in [-0.1, -0.05) is 158 Å². The van der Waals surface area contributed by atoms with Gasteiger partial charge in [0.2, 0.25) is 0 Å². The average molecular weight is 1370 g/mol. The molecule has 8 aliphatic rings. The number of hydrogen-bond acceptors (Lipinski definition) is 16. The van der Waals surface area contributed by atoms with Gasteiger partial charge in [-0.15, -0.1) is 0 Å². The summed E-state index contributed by atoms with van der Waals surface area (Å²) >= 11 is 0. The van der Waals surface area contributed by atoms with Crippen LogP contribution < -0.4 is 0 Å². The highest BCUT2D eigenvalue weighted by atomic mass is 16.8. The summed E-state index contributed by atoms with van der Waals surface area (Å²) in [5.41, 5.74) is 1.00. The van der Waals surface area contributed by atoms with E-state index in [4.69, 9.17) is 52.1 Å². The zero-order valence-corrected chi connectivity index (χ0v) is 62.0. The van der Waals surface area contributed by atoms with Gasteiger partial charge >= 0.3 is 17.9 Å². The minimum Gasteiger partial charge on any atom is -0.459 e. The van der Waals surface area contributed by atoms with Gasteiger partial charge in [0.1, 0.15) is 30.4 Å². The lowest BCUT2D eigenvalue weighted by atomic mass is 9.44. The smallest absolute Gasteiger partial charge is 0.338 e. The Kier molecular flexibility index (Phi) is 24.6. The molecule has 99 heavy (non-hydrogen) atoms. The van der Waals surface area contributed by atoms with Gasteiger partial charge in [0.25, 0.3) is 0 Å². The van der Waals surface area contributed by atoms with E-state index in [1.165, 1.54) is 0 Å². The molecule has 8 fully saturated rings. The number of ether oxygens (including phenoxy) is 11. The Morgan fingerprint density at radius 2 is 1.02 bits per heavy atom. The van der Waals surface area contributed by atoms with Crippen LogP contribution in [0, 0.1) is 99.6 Å². The summed E-state index contributed by atoms with van der Waals surface area (Å²) in [5.74, 6) is 0.267. The van der Waals surface area contributed by atoms with E-state index in [9.17, 15) is 24.0 Å². The minimum atomic E-state index is -1.07. The molecular formula is C83H118O16. The molecule has 546 valence electrons. The van der Waals surface area contributed by atoms with E-state index in [0.29, 0.717) is 72.0 Å². The van der Waals surface area contributed by atoms with E-state index in [0.717, 1.165) is 57.8 Å². The molecule has 3 aromatic carbocycles. The Bertz CT molecular complexity index is 3160. The summed E-state index contributed by atoms with van der Waals surface area (Å²) in [6.45, 7) is 33.2. The molecular weight excluding hydrogens is 1250 g/mol. The van der Waals surface area contributed by atoms with Crippen LogP contribution in [0.15, 0.2) is 91.0 Å². The van der Waals surface area contributed by atoms with E-state index in [1.54, 1.807) is 60.7 Å². The largest absolute Gasteiger partial charge is 0.459 e. The van der Waals surface area contributed by atoms with Crippen molar-refractivity contribution in [3.63, 3.8) is 0 Å². The Balaban J connectivity index is 0.720. The highest BCUT2D eigenvalue weighted by Gasteiger charge is 2.64. The van der Waals surface area contributed by atoms with Crippen LogP contribution in [0.25, 0.3) is 0 Å². The van der Waals surface area contributed by atoms with Crippen LogP contribution in [-0.4, -0.2) is 123 Å². The van der Waals surface area contributed by atoms with E-state index >= 15 is 0 Å². The minimum absolute atomic E-state index is 0.0176. The normalized spacial score (nSPS) is 41.2. The lowest BCUT2D eigenvalue weighted by Crippen LogP contribution is -2.59. The summed E-state index contributed by atoms with van der Waals surface area (Å²) in [5, 5.41) is 0. The summed E-state index contributed by atoms with van der Waals surface area (Å²) in [4.78, 5) is 69.9. The van der Waals surface area contributed by atoms with Crippen LogP contribution in [0.4, 0.5) is 0 Å². The second kappa shape index (κ2) is 32.4. The highest BCUT2D eigenvalue weighted by molar-refractivity contribution is 5.92. The Morgan fingerprint density at radius 1 is 0.505 bits per heavy atom. The van der Waals surface area contributed by atoms with Crippen LogP contribution in [-0.2, 0) is 61.7 Å². The number of ketones is 2. The number of Topliss-reactive ketones (excluding diaryl/α,β-unsaturated/α-hetero) is 2. The van der Waals surface area contributed by atoms with E-state index < -0.39 is 61.1 Å². The molecule has 16 heteroatoms. The molecule has 0 amide bonds. The average Bonchev–Trinajstić information content (AvgIpc) is 1.56. The number of esters is 3. The SMILES string of the molecule is CCC1O[C@@H](O[C@@H]2C(CC)O[C@@H](OC3[C@H](OC4CCC5(C)C(CCC6C5CCC5(C)C6CC(=O)C5[C@H](C)C(=O)CC[C@H](C)CO[C@@H]5OC(CC)[C@@H](C)[C@H](OC(=O)c6ccccc6)C5OC(=O)c5ccccc5)C4)OC(COC(=O)c4ccccc4)[C@@H](C)[C@@H]3C)C(C)[C@H]2C)C(C)[C@@H](C)[C@@H]1C. The first-order valence-corrected chi connectivity index (χ1v) is 38.4. The van der Waals surface area contributed by atoms with Crippen molar-refractivity contribution < 1.29 is 76.1 Å². The van der Waals surface area contributed by atoms with Crippen LogP contribution in [0.5, 0.6) is 0 Å². The van der Waals surface area contributed by atoms with Gasteiger partial charge in [-0.05, 0) is 177 Å². The fourth-order valence-electron chi connectivity index (χ4n) is 19.8. The molecule has 4 saturated carbocycles. The number of hydrogen-bond donors (Lipinski definition) is 0. The zero-order chi connectivity index (χ0) is 70.8. The second-order valence-electron chi connectivity index (χ2n) is 32.5. The van der Waals surface area contributed by atoms with E-state index in [1.807, 2.05) is 58.0 Å². The molecule has 30 atom stereocenters. The summed E-state index contributed by atoms with van der Waals surface area (Å²) in [6, 6.07) is 26.5. The predicted molar refractivity (Wildman–Crippen MR) is 376 cm³/mol. The maximum Gasteiger partial charge on any atom is 0.338 e. The van der Waals surface area contributed by atoms with Gasteiger partial charge in [0.15, 0.2) is 31.3 Å². The van der Waals surface area contributed by atoms with Gasteiger partial charge in [0.05, 0.1) is 59.9 Å². The van der Waals surface area contributed by atoms with Gasteiger partial charge in [-0.2, -0.15) is 0 Å². The van der Waals surface area contributed by atoms with Crippen molar-refractivity contribution in [2.24, 2.45) is 99.6 Å². The maximum atomic E-state index is 14.6. The summed E-state index contributed by atoms with van der Waals surface area (Å²) in [7, 11) is 0. The van der Waals surface area contributed by atoms with Crippen molar-refractivity contribution >= 4 is 29.5 Å². The monoisotopic (exact) mass is 1370 g/mol. The molecule has 0 spiro atoms. The van der Waals surface area contributed by atoms with Crippen molar-refractivity contribution in [1.29, 1.82) is 0 Å². The van der Waals surface area contributed by atoms with E-state index in [2.05, 4.69) is 76.2 Å². The van der Waals surface area contributed by atoms with Gasteiger partial charge in [-0.3, -0.25) is 9.59 Å². The number of carbonyl (C=O) groups is 5. The van der Waals surface area contributed by atoms with Gasteiger partial charge in [-0.25, -0.2) is 14.4 Å². The van der Waals surface area contributed by atoms with Crippen molar-refractivity contribution in [1.82, 2.24) is 0 Å². The molecule has 3 aromatic rings. The first kappa shape index (κ1) is 75.3. The first-order chi connectivity index (χ1) is 47.4. The van der Waals surface area contributed by atoms with Crippen LogP contribution in [0.1, 0.15) is 218 Å². The van der Waals surface area contributed by atoms with Gasteiger partial charge in [0, 0.05) is 42.4 Å². The molecule has 0 bridgehead atoms. The standard InChI is InChI=1S/C83H118O16/c1-16-66-48(6)47(5)52(10)78(92-66)98-71-51(9)53(11)79(94-68(71)18-3)99-73-50(8)49(7)69(45-89-75(86)56-28-22-19-23-29-56)95-81(73)91-60-38-40-82(14)59(42-60)35-36-61-62(82)39-41-83(15)63(61)43-65(85)70(83)54(12)64(84)37-34-46(4)44-90-80-74(97-77(88)58-32-26-21-27-33-58)72(55(13)67(17-2)93-80)96-76(87)57-30-24-20-25-31-57/h19-33,46-55,59-63,66-74,78-81H,16-18,34-45H2,1-15H3/t46-,47-,48-,49-,50-,51+,52?,53?,54+,55+,59?,60?,61?,62?,63?,66?,67?,68?,69?,70?,71-,72-,73?,74?,78-,79-,80+,81+,82?,83?/m0/s1. The summed E-state index contributed by atoms with van der Waals surface area (Å²) < 4.78 is 74.0. The maximum absolute atomic E-state index is 14.6. The zero-order valence-electron chi connectivity index (χ0n) is 62.0. The Hall–Kier alpha value is -4.91. The fourth-order valence-corrected chi connectivity index (χ4v) is 19.8. The number of benzene rings is 3. The van der Waals surface area contributed by atoms with Gasteiger partial charge < -0.3 is 52.1 Å². The third-order valence-electron chi connectivity index (χ3n) is 26.9. The van der Waals surface area contributed by atoms with Crippen LogP contribution in [0.3, 0.4) is 0 Å². The van der Waals surface area contributed by atoms with Crippen molar-refractivity contribution in [3.8, 4) is 0 Å². The molecule has 0 N–H and O–H groups in total. The highest BCUT2D eigenvalue weighted by Crippen LogP contribution is 2.68. The Morgan fingerprint density at radius 3 is 1.64 bits per heavy atom. The fraction of sp³-hybridized carbons (Fsp3) is 0.723. The molecule has 4 heterocycles. The molecule has 16 nitrogen and oxygen atoms in total. The lowest BCUT2D eigenvalue weighted by Gasteiger charge is -2.61. The van der Waals surface area contributed by atoms with Crippen molar-refractivity contribution in [3.05, 3.63) is 108 Å². The van der Waals surface area contributed by atoms with Crippen LogP contribution in [0.2, 0.25) is 0 Å². The quantitative estimate of drug-likeness (QED) is 0.0468. The van der Waals surface area contributed by atoms with Crippen molar-refractivity contribution in [2.75, 3.05) is 13.2 Å². The topological polar surface area (TPSA) is 187 Å². The molecule has 0 aromatic heterocycles. The predicted octanol–water partition coefficient (Wildman–Crippen LogP) is 16.1. The lowest BCUT2D eigenvalue weighted by molar-refractivity contribution is -0.362. The number of fused-ring (bicyclic) bond motifs is 5. The molecule has 4 saturated heterocycles. The molecule has 16 unspecified atom stereocenters. The molecule has 11 rings (SSSR count). The molecule has 4 aliphatic heterocycles. The van der Waals surface area contributed by atoms with Crippen LogP contribution >= 0.6 is 0 Å². The summed E-state index contributed by atoms with van der Waals surface area (Å²) in [6.07, 6.45) is 4.29. The number of rotatable bonds is 24. The number of carbonyl (C=O) groups excluding carboxylic acids is 5. The first-order valence-electron chi connectivity index (χ1n) is 38.4. The van der Waals surface area contributed by atoms with Crippen molar-refractivity contribution in [2.45, 2.75) is 267 Å². The second-order valence-corrected chi connectivity index (χ2v) is 32.5. The van der Waals surface area contributed by atoms with E-state index in [-0.39, 0.29) is 132 Å². The molecule has 4 aliphatic carbocycles. The Labute approximate surface area is 590 Å². The molecule has 0 radical (unpaired) electrons. The third-order valence-corrected chi connectivity index (χ3v) is 26.9. The third kappa shape index (κ3) is 15.8.